The molecule has 0 unspecified atom stereocenters. The summed E-state index contributed by atoms with van der Waals surface area (Å²) in [6, 6.07) is 8.46. The minimum absolute atomic E-state index is 0.139. The molecule has 0 atom stereocenters. The van der Waals surface area contributed by atoms with E-state index in [-0.39, 0.29) is 12.4 Å². The number of halogens is 2. The van der Waals surface area contributed by atoms with Gasteiger partial charge in [-0.25, -0.2) is 4.79 Å². The molecule has 3 rings (SSSR count). The van der Waals surface area contributed by atoms with Crippen LogP contribution in [0.3, 0.4) is 0 Å². The van der Waals surface area contributed by atoms with Gasteiger partial charge in [0.15, 0.2) is 5.76 Å². The Morgan fingerprint density at radius 1 is 1.20 bits per heavy atom. The van der Waals surface area contributed by atoms with Crippen LogP contribution in [0.15, 0.2) is 50.2 Å². The first kappa shape index (κ1) is 13.0. The maximum Gasteiger partial charge on any atom is 0.437 e. The van der Waals surface area contributed by atoms with Crippen molar-refractivity contribution in [1.29, 1.82) is 0 Å². The van der Waals surface area contributed by atoms with Gasteiger partial charge in [-0.1, -0.05) is 29.3 Å². The van der Waals surface area contributed by atoms with Crippen molar-refractivity contribution in [3.63, 3.8) is 0 Å². The highest BCUT2D eigenvalue weighted by atomic mass is 35.5. The van der Waals surface area contributed by atoms with Crippen LogP contribution in [-0.2, 0) is 6.54 Å². The first-order chi connectivity index (χ1) is 9.63. The summed E-state index contributed by atoms with van der Waals surface area (Å²) in [6.45, 7) is 0.236. The molecule has 102 valence electrons. The van der Waals surface area contributed by atoms with Crippen LogP contribution in [0.5, 0.6) is 0 Å². The highest BCUT2D eigenvalue weighted by molar-refractivity contribution is 6.42. The van der Waals surface area contributed by atoms with Gasteiger partial charge in [0.05, 0.1) is 22.9 Å². The summed E-state index contributed by atoms with van der Waals surface area (Å²) in [7, 11) is 0. The van der Waals surface area contributed by atoms with Gasteiger partial charge < -0.3 is 8.83 Å². The van der Waals surface area contributed by atoms with Gasteiger partial charge in [-0.05, 0) is 29.8 Å². The van der Waals surface area contributed by atoms with Crippen molar-refractivity contribution >= 4 is 23.2 Å². The van der Waals surface area contributed by atoms with Crippen molar-refractivity contribution < 1.29 is 8.83 Å². The Kier molecular flexibility index (Phi) is 3.38. The molecule has 0 aliphatic heterocycles. The van der Waals surface area contributed by atoms with E-state index in [1.54, 1.807) is 30.3 Å². The largest absolute Gasteiger partial charge is 0.459 e. The van der Waals surface area contributed by atoms with Gasteiger partial charge in [0.1, 0.15) is 0 Å². The number of benzene rings is 1. The second-order valence-electron chi connectivity index (χ2n) is 4.06. The predicted octanol–water partition coefficient (Wildman–Crippen LogP) is 3.45. The second-order valence-corrected chi connectivity index (χ2v) is 4.87. The van der Waals surface area contributed by atoms with Crippen molar-refractivity contribution in [2.75, 3.05) is 0 Å². The Hall–Kier alpha value is -1.98. The fraction of sp³-hybridized carbons (Fsp3) is 0.0769. The topological polar surface area (TPSA) is 61.2 Å². The molecule has 3 aromatic rings. The fourth-order valence-electron chi connectivity index (χ4n) is 1.72. The number of aromatic nitrogens is 2. The van der Waals surface area contributed by atoms with Crippen LogP contribution in [0.2, 0.25) is 10.0 Å². The molecular formula is C13H8Cl2N2O3. The molecule has 0 amide bonds. The number of nitrogens with zero attached hydrogens (tertiary/aromatic N) is 2. The smallest absolute Gasteiger partial charge is 0.437 e. The van der Waals surface area contributed by atoms with E-state index in [9.17, 15) is 4.79 Å². The predicted molar refractivity (Wildman–Crippen MR) is 74.0 cm³/mol. The minimum Gasteiger partial charge on any atom is -0.459 e. The third-order valence-corrected chi connectivity index (χ3v) is 3.39. The molecule has 0 saturated heterocycles. The highest BCUT2D eigenvalue weighted by Gasteiger charge is 2.13. The third-order valence-electron chi connectivity index (χ3n) is 2.65. The van der Waals surface area contributed by atoms with Crippen LogP contribution in [0.25, 0.3) is 11.7 Å². The van der Waals surface area contributed by atoms with Gasteiger partial charge in [-0.2, -0.15) is 4.68 Å². The molecule has 0 aliphatic rings. The van der Waals surface area contributed by atoms with Crippen molar-refractivity contribution in [2.45, 2.75) is 6.54 Å². The Morgan fingerprint density at radius 3 is 2.75 bits per heavy atom. The van der Waals surface area contributed by atoms with Gasteiger partial charge >= 0.3 is 5.76 Å². The molecule has 0 radical (unpaired) electrons. The lowest BCUT2D eigenvalue weighted by molar-refractivity contribution is 0.476. The van der Waals surface area contributed by atoms with Crippen LogP contribution in [0.4, 0.5) is 0 Å². The number of furan rings is 1. The lowest BCUT2D eigenvalue weighted by atomic mass is 10.2. The zero-order chi connectivity index (χ0) is 14.1. The molecule has 2 heterocycles. The third kappa shape index (κ3) is 2.50. The van der Waals surface area contributed by atoms with Gasteiger partial charge in [-0.3, -0.25) is 0 Å². The van der Waals surface area contributed by atoms with E-state index in [4.69, 9.17) is 32.0 Å². The van der Waals surface area contributed by atoms with Crippen LogP contribution in [0, 0.1) is 0 Å². The normalized spacial score (nSPS) is 10.9. The molecule has 0 saturated carbocycles. The average Bonchev–Trinajstić information content (AvgIpc) is 3.04. The molecule has 0 aliphatic carbocycles. The summed E-state index contributed by atoms with van der Waals surface area (Å²) < 4.78 is 11.3. The first-order valence-corrected chi connectivity index (χ1v) is 6.45. The fourth-order valence-corrected chi connectivity index (χ4v) is 2.04. The monoisotopic (exact) mass is 310 g/mol. The molecule has 7 heteroatoms. The molecule has 2 aromatic heterocycles. The Bertz CT molecular complexity index is 790. The van der Waals surface area contributed by atoms with Crippen molar-refractivity contribution in [3.8, 4) is 11.7 Å². The maximum atomic E-state index is 11.7. The van der Waals surface area contributed by atoms with E-state index in [0.29, 0.717) is 15.8 Å². The molecule has 1 aromatic carbocycles. The lowest BCUT2D eigenvalue weighted by Gasteiger charge is -2.01. The number of rotatable bonds is 3. The Labute approximate surface area is 123 Å². The molecule has 0 N–H and O–H groups in total. The van der Waals surface area contributed by atoms with Crippen molar-refractivity contribution in [2.24, 2.45) is 0 Å². The standard InChI is InChI=1S/C13H8Cl2N2O3/c14-9-4-3-8(6-10(9)15)7-17-13(18)20-12(16-17)11-2-1-5-19-11/h1-6H,7H2. The van der Waals surface area contributed by atoms with E-state index in [1.807, 2.05) is 0 Å². The summed E-state index contributed by atoms with van der Waals surface area (Å²) in [4.78, 5) is 11.7. The summed E-state index contributed by atoms with van der Waals surface area (Å²) >= 11 is 11.8. The second kappa shape index (κ2) is 5.19. The van der Waals surface area contributed by atoms with Gasteiger partial charge in [-0.15, -0.1) is 5.10 Å². The van der Waals surface area contributed by atoms with Crippen LogP contribution < -0.4 is 5.76 Å². The van der Waals surface area contributed by atoms with Crippen LogP contribution >= 0.6 is 23.2 Å². The Morgan fingerprint density at radius 2 is 2.05 bits per heavy atom. The van der Waals surface area contributed by atoms with E-state index in [2.05, 4.69) is 5.10 Å². The maximum absolute atomic E-state index is 11.7. The van der Waals surface area contributed by atoms with Crippen LogP contribution in [0.1, 0.15) is 5.56 Å². The summed E-state index contributed by atoms with van der Waals surface area (Å²) in [6.07, 6.45) is 1.48. The molecule has 0 fully saturated rings. The van der Waals surface area contributed by atoms with Gasteiger partial charge in [0.2, 0.25) is 0 Å². The van der Waals surface area contributed by atoms with Gasteiger partial charge in [0, 0.05) is 0 Å². The minimum atomic E-state index is -0.567. The summed E-state index contributed by atoms with van der Waals surface area (Å²) in [5.74, 6) is -0.0301. The molecule has 5 nitrogen and oxygen atoms in total. The summed E-state index contributed by atoms with van der Waals surface area (Å²) in [5.41, 5.74) is 0.792. The first-order valence-electron chi connectivity index (χ1n) is 5.69. The summed E-state index contributed by atoms with van der Waals surface area (Å²) in [5, 5.41) is 4.95. The molecular weight excluding hydrogens is 303 g/mol. The molecule has 20 heavy (non-hydrogen) atoms. The Balaban J connectivity index is 1.91. The zero-order valence-corrected chi connectivity index (χ0v) is 11.6. The highest BCUT2D eigenvalue weighted by Crippen LogP contribution is 2.23. The van der Waals surface area contributed by atoms with E-state index < -0.39 is 5.76 Å². The number of hydrogen-bond donors (Lipinski definition) is 0. The van der Waals surface area contributed by atoms with Gasteiger partial charge in [0.25, 0.3) is 5.89 Å². The zero-order valence-electron chi connectivity index (χ0n) is 10.0. The van der Waals surface area contributed by atoms with E-state index in [0.717, 1.165) is 5.56 Å². The van der Waals surface area contributed by atoms with Crippen molar-refractivity contribution in [1.82, 2.24) is 9.78 Å². The lowest BCUT2D eigenvalue weighted by Crippen LogP contribution is -2.16. The average molecular weight is 311 g/mol. The number of hydrogen-bond acceptors (Lipinski definition) is 4. The SMILES string of the molecule is O=c1oc(-c2ccco2)nn1Cc1ccc(Cl)c(Cl)c1. The molecule has 0 spiro atoms. The van der Waals surface area contributed by atoms with Crippen molar-refractivity contribution in [3.05, 3.63) is 62.8 Å². The van der Waals surface area contributed by atoms with Crippen LogP contribution in [-0.4, -0.2) is 9.78 Å². The van der Waals surface area contributed by atoms with E-state index >= 15 is 0 Å². The van der Waals surface area contributed by atoms with E-state index in [1.165, 1.54) is 10.9 Å². The quantitative estimate of drug-likeness (QED) is 0.743. The molecule has 0 bridgehead atoms.